The van der Waals surface area contributed by atoms with E-state index in [1.807, 2.05) is 0 Å². The molecule has 3 amide bonds. The summed E-state index contributed by atoms with van der Waals surface area (Å²) in [6, 6.07) is 7.55. The Labute approximate surface area is 173 Å². The third-order valence-corrected chi connectivity index (χ3v) is 5.17. The molecule has 29 heavy (non-hydrogen) atoms. The van der Waals surface area contributed by atoms with E-state index in [0.717, 1.165) is 16.0 Å². The first-order valence-electron chi connectivity index (χ1n) is 8.41. The van der Waals surface area contributed by atoms with Gasteiger partial charge >= 0.3 is 0 Å². The maximum absolute atomic E-state index is 13.5. The molecule has 2 heterocycles. The summed E-state index contributed by atoms with van der Waals surface area (Å²) in [6.07, 6.45) is 0. The fourth-order valence-electron chi connectivity index (χ4n) is 3.15. The third kappa shape index (κ3) is 3.54. The van der Waals surface area contributed by atoms with Gasteiger partial charge in [-0.2, -0.15) is 5.11 Å². The summed E-state index contributed by atoms with van der Waals surface area (Å²) in [6.45, 7) is -0.319. The molecule has 2 aromatic rings. The first kappa shape index (κ1) is 19.3. The highest BCUT2D eigenvalue weighted by Crippen LogP contribution is 2.32. The minimum Gasteiger partial charge on any atom is -0.324 e. The van der Waals surface area contributed by atoms with Crippen molar-refractivity contribution in [3.63, 3.8) is 0 Å². The van der Waals surface area contributed by atoms with Crippen molar-refractivity contribution in [3.8, 4) is 0 Å². The number of benzene rings is 2. The van der Waals surface area contributed by atoms with Crippen LogP contribution in [-0.4, -0.2) is 41.4 Å². The Kier molecular flexibility index (Phi) is 4.93. The predicted molar refractivity (Wildman–Crippen MR) is 103 cm³/mol. The van der Waals surface area contributed by atoms with Crippen molar-refractivity contribution in [2.24, 2.45) is 10.3 Å². The molecule has 1 fully saturated rings. The number of carbonyl (C=O) groups excluding carboxylic acids is 3. The Balaban J connectivity index is 1.49. The van der Waals surface area contributed by atoms with Gasteiger partial charge in [0.25, 0.3) is 11.8 Å². The van der Waals surface area contributed by atoms with Gasteiger partial charge in [-0.05, 0) is 36.4 Å². The van der Waals surface area contributed by atoms with Crippen LogP contribution in [0.5, 0.6) is 0 Å². The number of hydrogen-bond acceptors (Lipinski definition) is 6. The molecule has 1 saturated heterocycles. The topological polar surface area (TPSA) is 94.4 Å². The zero-order valence-electron chi connectivity index (χ0n) is 14.6. The highest BCUT2D eigenvalue weighted by molar-refractivity contribution is 6.42. The van der Waals surface area contributed by atoms with Crippen LogP contribution in [0.2, 0.25) is 10.0 Å². The van der Waals surface area contributed by atoms with Crippen LogP contribution in [0.25, 0.3) is 0 Å². The smallest absolute Gasteiger partial charge is 0.263 e. The quantitative estimate of drug-likeness (QED) is 0.746. The van der Waals surface area contributed by atoms with Gasteiger partial charge in [-0.15, -0.1) is 0 Å². The molecular formula is C18H12Cl2FN5O3. The Bertz CT molecular complexity index is 1060. The van der Waals surface area contributed by atoms with Crippen LogP contribution in [0.4, 0.5) is 15.8 Å². The third-order valence-electron chi connectivity index (χ3n) is 4.43. The van der Waals surface area contributed by atoms with Crippen molar-refractivity contribution >= 4 is 52.3 Å². The minimum absolute atomic E-state index is 0.102. The number of hydrogen-bond donors (Lipinski definition) is 1. The van der Waals surface area contributed by atoms with Gasteiger partial charge in [0.05, 0.1) is 15.7 Å². The molecule has 2 aliphatic rings. The molecule has 148 valence electrons. The molecule has 0 saturated carbocycles. The van der Waals surface area contributed by atoms with E-state index in [4.69, 9.17) is 23.2 Å². The number of nitrogens with one attached hydrogen (secondary N) is 1. The molecule has 0 radical (unpaired) electrons. The summed E-state index contributed by atoms with van der Waals surface area (Å²) in [5, 5.41) is 12.0. The van der Waals surface area contributed by atoms with Crippen molar-refractivity contribution in [1.82, 2.24) is 5.01 Å². The van der Waals surface area contributed by atoms with Gasteiger partial charge in [0, 0.05) is 5.69 Å². The van der Waals surface area contributed by atoms with Crippen molar-refractivity contribution < 1.29 is 18.8 Å². The molecule has 1 N–H and O–H groups in total. The summed E-state index contributed by atoms with van der Waals surface area (Å²) in [4.78, 5) is 38.6. The molecule has 2 aromatic carbocycles. The first-order chi connectivity index (χ1) is 13.8. The zero-order chi connectivity index (χ0) is 20.7. The molecular weight excluding hydrogens is 424 g/mol. The van der Waals surface area contributed by atoms with Crippen LogP contribution in [0.1, 0.15) is 0 Å². The molecule has 11 heteroatoms. The SMILES string of the molecule is O=C(CN1N=N[C@@H]2C(=O)N(c3cccc(F)c3)C(=O)[C@@H]21)Nc1ccc(Cl)c(Cl)c1. The standard InChI is InChI=1S/C18H12Cl2FN5O3/c19-12-5-4-10(7-13(12)20)22-14(27)8-25-16-15(23-24-25)17(28)26(18(16)29)11-3-1-2-9(21)6-11/h1-7,15-16H,8H2,(H,22,27)/t15-,16+/m0/s1. The maximum atomic E-state index is 13.5. The number of rotatable bonds is 4. The van der Waals surface area contributed by atoms with Crippen LogP contribution in [0.15, 0.2) is 52.8 Å². The zero-order valence-corrected chi connectivity index (χ0v) is 16.1. The average Bonchev–Trinajstić information content (AvgIpc) is 3.18. The second kappa shape index (κ2) is 7.41. The van der Waals surface area contributed by atoms with Crippen LogP contribution in [-0.2, 0) is 14.4 Å². The van der Waals surface area contributed by atoms with Crippen LogP contribution in [0, 0.1) is 5.82 Å². The number of amides is 3. The van der Waals surface area contributed by atoms with Crippen LogP contribution in [0.3, 0.4) is 0 Å². The molecule has 0 unspecified atom stereocenters. The summed E-state index contributed by atoms with van der Waals surface area (Å²) in [5.74, 6) is -2.33. The van der Waals surface area contributed by atoms with Gasteiger partial charge in [0.1, 0.15) is 12.4 Å². The molecule has 0 bridgehead atoms. The summed E-state index contributed by atoms with van der Waals surface area (Å²) >= 11 is 11.8. The van der Waals surface area contributed by atoms with E-state index < -0.39 is 35.6 Å². The van der Waals surface area contributed by atoms with E-state index in [1.54, 1.807) is 6.07 Å². The highest BCUT2D eigenvalue weighted by atomic mass is 35.5. The molecule has 4 rings (SSSR count). The Hall–Kier alpha value is -3.04. The lowest BCUT2D eigenvalue weighted by Gasteiger charge is -2.20. The number of halogens is 3. The Morgan fingerprint density at radius 3 is 2.62 bits per heavy atom. The predicted octanol–water partition coefficient (Wildman–Crippen LogP) is 3.06. The number of carbonyl (C=O) groups is 3. The molecule has 0 aromatic heterocycles. The molecule has 0 spiro atoms. The number of fused-ring (bicyclic) bond motifs is 1. The normalized spacial score (nSPS) is 20.4. The monoisotopic (exact) mass is 435 g/mol. The van der Waals surface area contributed by atoms with Crippen molar-refractivity contribution in [3.05, 3.63) is 58.3 Å². The van der Waals surface area contributed by atoms with Crippen molar-refractivity contribution in [2.45, 2.75) is 12.1 Å². The first-order valence-corrected chi connectivity index (χ1v) is 9.16. The number of imide groups is 1. The number of nitrogens with zero attached hydrogens (tertiary/aromatic N) is 4. The lowest BCUT2D eigenvalue weighted by molar-refractivity contribution is -0.123. The van der Waals surface area contributed by atoms with Crippen LogP contribution < -0.4 is 10.2 Å². The molecule has 0 aliphatic carbocycles. The Morgan fingerprint density at radius 2 is 1.90 bits per heavy atom. The fraction of sp³-hybridized carbons (Fsp3) is 0.167. The fourth-order valence-corrected chi connectivity index (χ4v) is 3.44. The number of anilines is 2. The molecule has 2 aliphatic heterocycles. The van der Waals surface area contributed by atoms with Gasteiger partial charge in [0.15, 0.2) is 12.1 Å². The molecule has 2 atom stereocenters. The average molecular weight is 436 g/mol. The van der Waals surface area contributed by atoms with E-state index in [0.29, 0.717) is 10.7 Å². The van der Waals surface area contributed by atoms with Crippen molar-refractivity contribution in [2.75, 3.05) is 16.8 Å². The van der Waals surface area contributed by atoms with Gasteiger partial charge in [-0.1, -0.05) is 34.5 Å². The highest BCUT2D eigenvalue weighted by Gasteiger charge is 2.55. The van der Waals surface area contributed by atoms with Gasteiger partial charge in [0.2, 0.25) is 5.91 Å². The lowest BCUT2D eigenvalue weighted by Crippen LogP contribution is -2.43. The lowest BCUT2D eigenvalue weighted by atomic mass is 10.1. The van der Waals surface area contributed by atoms with Crippen molar-refractivity contribution in [1.29, 1.82) is 0 Å². The maximum Gasteiger partial charge on any atom is 0.263 e. The summed E-state index contributed by atoms with van der Waals surface area (Å²) in [5.41, 5.74) is 0.511. The van der Waals surface area contributed by atoms with Gasteiger partial charge < -0.3 is 5.32 Å². The van der Waals surface area contributed by atoms with E-state index in [2.05, 4.69) is 15.7 Å². The second-order valence-corrected chi connectivity index (χ2v) is 7.18. The van der Waals surface area contributed by atoms with Gasteiger partial charge in [-0.25, -0.2) is 9.29 Å². The van der Waals surface area contributed by atoms with E-state index >= 15 is 0 Å². The summed E-state index contributed by atoms with van der Waals surface area (Å²) < 4.78 is 13.5. The van der Waals surface area contributed by atoms with E-state index in [-0.39, 0.29) is 17.3 Å². The summed E-state index contributed by atoms with van der Waals surface area (Å²) in [7, 11) is 0. The van der Waals surface area contributed by atoms with E-state index in [1.165, 1.54) is 30.3 Å². The van der Waals surface area contributed by atoms with E-state index in [9.17, 15) is 18.8 Å². The Morgan fingerprint density at radius 1 is 1.10 bits per heavy atom. The molecule has 8 nitrogen and oxygen atoms in total. The second-order valence-electron chi connectivity index (χ2n) is 6.36. The largest absolute Gasteiger partial charge is 0.324 e. The van der Waals surface area contributed by atoms with Crippen LogP contribution >= 0.6 is 23.2 Å². The van der Waals surface area contributed by atoms with Gasteiger partial charge in [-0.3, -0.25) is 19.4 Å². The minimum atomic E-state index is -1.08.